The highest BCUT2D eigenvalue weighted by Crippen LogP contribution is 2.18. The molecule has 1 heterocycles. The second-order valence-electron chi connectivity index (χ2n) is 4.24. The molecule has 0 saturated carbocycles. The average Bonchev–Trinajstić information content (AvgIpc) is 2.34. The van der Waals surface area contributed by atoms with E-state index in [0.29, 0.717) is 0 Å². The van der Waals surface area contributed by atoms with Gasteiger partial charge in [-0.25, -0.2) is 4.98 Å². The molecular formula is C14H17N3. The summed E-state index contributed by atoms with van der Waals surface area (Å²) in [7, 11) is 2.02. The van der Waals surface area contributed by atoms with Crippen molar-refractivity contribution < 1.29 is 0 Å². The fraction of sp³-hybridized carbons (Fsp3) is 0.214. The topological polar surface area (TPSA) is 42.2 Å². The zero-order valence-corrected chi connectivity index (χ0v) is 10.2. The normalized spacial score (nSPS) is 10.2. The molecular weight excluding hydrogens is 210 g/mol. The fourth-order valence-corrected chi connectivity index (χ4v) is 1.67. The highest BCUT2D eigenvalue weighted by molar-refractivity contribution is 5.54. The van der Waals surface area contributed by atoms with Gasteiger partial charge in [-0.1, -0.05) is 30.3 Å². The van der Waals surface area contributed by atoms with Gasteiger partial charge in [0, 0.05) is 31.5 Å². The van der Waals surface area contributed by atoms with Crippen molar-refractivity contribution in [2.45, 2.75) is 13.5 Å². The van der Waals surface area contributed by atoms with E-state index >= 15 is 0 Å². The third-order valence-corrected chi connectivity index (χ3v) is 2.78. The minimum atomic E-state index is 0.787. The largest absolute Gasteiger partial charge is 0.398 e. The first-order chi connectivity index (χ1) is 8.16. The van der Waals surface area contributed by atoms with Crippen molar-refractivity contribution in [1.82, 2.24) is 4.98 Å². The number of hydrogen-bond donors (Lipinski definition) is 1. The quantitative estimate of drug-likeness (QED) is 0.876. The van der Waals surface area contributed by atoms with Crippen molar-refractivity contribution in [2.24, 2.45) is 0 Å². The molecule has 0 saturated heterocycles. The van der Waals surface area contributed by atoms with Crippen molar-refractivity contribution in [3.63, 3.8) is 0 Å². The summed E-state index contributed by atoms with van der Waals surface area (Å²) in [5.74, 6) is 0.900. The van der Waals surface area contributed by atoms with E-state index in [1.807, 2.05) is 44.4 Å². The number of nitrogens with two attached hydrogens (primary N) is 1. The van der Waals surface area contributed by atoms with E-state index in [2.05, 4.69) is 22.0 Å². The fourth-order valence-electron chi connectivity index (χ4n) is 1.67. The van der Waals surface area contributed by atoms with Gasteiger partial charge in [0.15, 0.2) is 0 Å². The van der Waals surface area contributed by atoms with Gasteiger partial charge < -0.3 is 10.6 Å². The monoisotopic (exact) mass is 227 g/mol. The van der Waals surface area contributed by atoms with Crippen LogP contribution >= 0.6 is 0 Å². The summed E-state index contributed by atoms with van der Waals surface area (Å²) >= 11 is 0. The van der Waals surface area contributed by atoms with Crippen LogP contribution in [-0.2, 0) is 6.54 Å². The number of anilines is 2. The lowest BCUT2D eigenvalue weighted by atomic mass is 10.2. The number of nitrogen functional groups attached to an aromatic ring is 1. The molecule has 0 aliphatic heterocycles. The molecule has 3 heteroatoms. The average molecular weight is 227 g/mol. The summed E-state index contributed by atoms with van der Waals surface area (Å²) in [4.78, 5) is 6.47. The van der Waals surface area contributed by atoms with E-state index in [4.69, 9.17) is 5.73 Å². The Labute approximate surface area is 102 Å². The lowest BCUT2D eigenvalue weighted by Gasteiger charge is -2.19. The van der Waals surface area contributed by atoms with Crippen LogP contribution in [0.3, 0.4) is 0 Å². The lowest BCUT2D eigenvalue weighted by Crippen LogP contribution is -2.17. The molecule has 1 aromatic heterocycles. The van der Waals surface area contributed by atoms with Gasteiger partial charge in [0.2, 0.25) is 0 Å². The van der Waals surface area contributed by atoms with Crippen LogP contribution < -0.4 is 10.6 Å². The van der Waals surface area contributed by atoms with E-state index in [1.165, 1.54) is 5.56 Å². The molecule has 0 radical (unpaired) electrons. The van der Waals surface area contributed by atoms with Gasteiger partial charge in [0.1, 0.15) is 5.82 Å². The van der Waals surface area contributed by atoms with Crippen LogP contribution in [0.5, 0.6) is 0 Å². The molecule has 0 aliphatic carbocycles. The van der Waals surface area contributed by atoms with Crippen LogP contribution in [0.4, 0.5) is 11.5 Å². The second kappa shape index (κ2) is 4.87. The third-order valence-electron chi connectivity index (χ3n) is 2.78. The molecule has 0 fully saturated rings. The number of aryl methyl sites for hydroxylation is 1. The molecule has 2 rings (SSSR count). The first-order valence-electron chi connectivity index (χ1n) is 5.64. The molecule has 0 bridgehead atoms. The molecule has 1 aromatic carbocycles. The van der Waals surface area contributed by atoms with E-state index < -0.39 is 0 Å². The van der Waals surface area contributed by atoms with Gasteiger partial charge in [-0.15, -0.1) is 0 Å². The molecule has 0 amide bonds. The molecule has 0 aliphatic rings. The Morgan fingerprint density at radius 3 is 2.59 bits per heavy atom. The van der Waals surface area contributed by atoms with Gasteiger partial charge in [-0.3, -0.25) is 0 Å². The van der Waals surface area contributed by atoms with Gasteiger partial charge in [-0.2, -0.15) is 0 Å². The summed E-state index contributed by atoms with van der Waals surface area (Å²) < 4.78 is 0. The SMILES string of the molecule is Cc1cnc(N(C)Cc2ccccc2)cc1N. The zero-order chi connectivity index (χ0) is 12.3. The second-order valence-corrected chi connectivity index (χ2v) is 4.24. The maximum atomic E-state index is 5.89. The van der Waals surface area contributed by atoms with Gasteiger partial charge >= 0.3 is 0 Å². The Balaban J connectivity index is 2.14. The maximum absolute atomic E-state index is 5.89. The van der Waals surface area contributed by atoms with Crippen LogP contribution in [-0.4, -0.2) is 12.0 Å². The van der Waals surface area contributed by atoms with Crippen molar-refractivity contribution in [1.29, 1.82) is 0 Å². The summed E-state index contributed by atoms with van der Waals surface area (Å²) in [6, 6.07) is 12.2. The minimum absolute atomic E-state index is 0.787. The lowest BCUT2D eigenvalue weighted by molar-refractivity contribution is 0.897. The van der Waals surface area contributed by atoms with Crippen molar-refractivity contribution in [2.75, 3.05) is 17.7 Å². The molecule has 17 heavy (non-hydrogen) atoms. The zero-order valence-electron chi connectivity index (χ0n) is 10.2. The van der Waals surface area contributed by atoms with Gasteiger partial charge in [0.05, 0.1) is 0 Å². The first-order valence-corrected chi connectivity index (χ1v) is 5.64. The molecule has 0 atom stereocenters. The Hall–Kier alpha value is -2.03. The number of hydrogen-bond acceptors (Lipinski definition) is 3. The van der Waals surface area contributed by atoms with Crippen LogP contribution in [0.2, 0.25) is 0 Å². The van der Waals surface area contributed by atoms with Crippen molar-refractivity contribution in [3.05, 3.63) is 53.7 Å². The van der Waals surface area contributed by atoms with E-state index in [9.17, 15) is 0 Å². The van der Waals surface area contributed by atoms with Crippen LogP contribution in [0, 0.1) is 6.92 Å². The maximum Gasteiger partial charge on any atom is 0.130 e. The number of pyridine rings is 1. The van der Waals surface area contributed by atoms with Gasteiger partial charge in [-0.05, 0) is 18.1 Å². The molecule has 2 aromatic rings. The summed E-state index contributed by atoms with van der Waals surface area (Å²) in [5, 5.41) is 0. The van der Waals surface area contributed by atoms with Crippen LogP contribution in [0.1, 0.15) is 11.1 Å². The van der Waals surface area contributed by atoms with E-state index in [0.717, 1.165) is 23.6 Å². The smallest absolute Gasteiger partial charge is 0.130 e. The molecule has 3 nitrogen and oxygen atoms in total. The van der Waals surface area contributed by atoms with Crippen LogP contribution in [0.25, 0.3) is 0 Å². The highest BCUT2D eigenvalue weighted by Gasteiger charge is 2.04. The Kier molecular flexibility index (Phi) is 3.28. The summed E-state index contributed by atoms with van der Waals surface area (Å²) in [6.45, 7) is 2.79. The van der Waals surface area contributed by atoms with Crippen molar-refractivity contribution >= 4 is 11.5 Å². The van der Waals surface area contributed by atoms with E-state index in [1.54, 1.807) is 0 Å². The number of benzene rings is 1. The Morgan fingerprint density at radius 2 is 1.94 bits per heavy atom. The van der Waals surface area contributed by atoms with Gasteiger partial charge in [0.25, 0.3) is 0 Å². The number of nitrogens with zero attached hydrogens (tertiary/aromatic N) is 2. The highest BCUT2D eigenvalue weighted by atomic mass is 15.2. The Bertz CT molecular complexity index is 494. The standard InChI is InChI=1S/C14H17N3/c1-11-9-16-14(8-13(11)15)17(2)10-12-6-4-3-5-7-12/h3-9H,10H2,1-2H3,(H2,15,16). The predicted octanol–water partition coefficient (Wildman–Crippen LogP) is 2.61. The summed E-state index contributed by atoms with van der Waals surface area (Å²) in [5.41, 5.74) is 8.95. The van der Waals surface area contributed by atoms with Crippen molar-refractivity contribution in [3.8, 4) is 0 Å². The first kappa shape index (κ1) is 11.5. The van der Waals surface area contributed by atoms with E-state index in [-0.39, 0.29) is 0 Å². The molecule has 88 valence electrons. The number of aromatic nitrogens is 1. The summed E-state index contributed by atoms with van der Waals surface area (Å²) in [6.07, 6.45) is 1.81. The molecule has 0 unspecified atom stereocenters. The van der Waals surface area contributed by atoms with Crippen LogP contribution in [0.15, 0.2) is 42.6 Å². The molecule has 2 N–H and O–H groups in total. The third kappa shape index (κ3) is 2.75. The Morgan fingerprint density at radius 1 is 1.24 bits per heavy atom. The number of rotatable bonds is 3. The molecule has 0 spiro atoms. The predicted molar refractivity (Wildman–Crippen MR) is 71.9 cm³/mol. The minimum Gasteiger partial charge on any atom is -0.398 e.